The van der Waals surface area contributed by atoms with Gasteiger partial charge in [0.1, 0.15) is 24.2 Å². The Hall–Kier alpha value is -3.92. The molecule has 0 heterocycles. The molecule has 3 rings (SSSR count). The van der Waals surface area contributed by atoms with E-state index in [1.807, 2.05) is 52.0 Å². The lowest BCUT2D eigenvalue weighted by Gasteiger charge is -2.32. The monoisotopic (exact) mass is 583 g/mol. The number of anilines is 1. The average molecular weight is 584 g/mol. The van der Waals surface area contributed by atoms with Crippen molar-refractivity contribution in [1.29, 1.82) is 0 Å². The van der Waals surface area contributed by atoms with Gasteiger partial charge in [0.15, 0.2) is 0 Å². The highest BCUT2D eigenvalue weighted by atomic mass is 32.2. The Morgan fingerprint density at radius 3 is 2.10 bits per heavy atom. The van der Waals surface area contributed by atoms with Crippen molar-refractivity contribution in [3.8, 4) is 5.75 Å². The molecular weight excluding hydrogens is 545 g/mol. The molecule has 0 aliphatic rings. The summed E-state index contributed by atoms with van der Waals surface area (Å²) >= 11 is 0. The van der Waals surface area contributed by atoms with Crippen LogP contribution in [0.25, 0.3) is 0 Å². The molecule has 0 unspecified atom stereocenters. The fourth-order valence-electron chi connectivity index (χ4n) is 4.06. The molecule has 41 heavy (non-hydrogen) atoms. The van der Waals surface area contributed by atoms with E-state index in [-0.39, 0.29) is 29.0 Å². The highest BCUT2D eigenvalue weighted by Crippen LogP contribution is 2.26. The zero-order valence-electron chi connectivity index (χ0n) is 24.1. The number of halogens is 1. The van der Waals surface area contributed by atoms with Gasteiger partial charge >= 0.3 is 0 Å². The molecule has 1 atom stereocenters. The third-order valence-electron chi connectivity index (χ3n) is 6.44. The number of carbonyl (C=O) groups is 2. The summed E-state index contributed by atoms with van der Waals surface area (Å²) in [5, 5.41) is 2.86. The zero-order valence-corrected chi connectivity index (χ0v) is 24.9. The van der Waals surface area contributed by atoms with Crippen LogP contribution in [0.5, 0.6) is 5.75 Å². The Kier molecular flexibility index (Phi) is 10.9. The Morgan fingerprint density at radius 2 is 1.54 bits per heavy atom. The lowest BCUT2D eigenvalue weighted by molar-refractivity contribution is -0.139. The van der Waals surface area contributed by atoms with Gasteiger partial charge in [0.25, 0.3) is 10.0 Å². The second-order valence-electron chi connectivity index (χ2n) is 10.2. The quantitative estimate of drug-likeness (QED) is 0.308. The number of hydrogen-bond donors (Lipinski definition) is 1. The number of aryl methyl sites for hydroxylation is 1. The summed E-state index contributed by atoms with van der Waals surface area (Å²) in [5.74, 6) is -0.768. The van der Waals surface area contributed by atoms with Crippen molar-refractivity contribution in [3.05, 3.63) is 89.7 Å². The van der Waals surface area contributed by atoms with Crippen LogP contribution >= 0.6 is 0 Å². The third-order valence-corrected chi connectivity index (χ3v) is 8.23. The standard InChI is InChI=1S/C31H38FN3O5S/c1-6-40-28-15-17-29(18-16-28)41(38,39)35(27-13-11-26(32)12-14-27)21-30(36)34(20-25-9-7-23(4)8-10-25)24(5)31(37)33-19-22(2)3/h7-18,22,24H,6,19-21H2,1-5H3,(H,33,37)/t24-/m0/s1. The van der Waals surface area contributed by atoms with Gasteiger partial charge in [0.05, 0.1) is 17.2 Å². The molecule has 2 amide bonds. The summed E-state index contributed by atoms with van der Waals surface area (Å²) in [4.78, 5) is 28.3. The van der Waals surface area contributed by atoms with Crippen molar-refractivity contribution in [2.24, 2.45) is 5.92 Å². The SMILES string of the molecule is CCOc1ccc(S(=O)(=O)N(CC(=O)N(Cc2ccc(C)cc2)[C@@H](C)C(=O)NCC(C)C)c2ccc(F)cc2)cc1. The molecular formula is C31H38FN3O5S. The van der Waals surface area contributed by atoms with Gasteiger partial charge in [0, 0.05) is 13.1 Å². The highest BCUT2D eigenvalue weighted by Gasteiger charge is 2.32. The number of hydrogen-bond acceptors (Lipinski definition) is 5. The lowest BCUT2D eigenvalue weighted by atomic mass is 10.1. The lowest BCUT2D eigenvalue weighted by Crippen LogP contribution is -2.51. The molecule has 0 radical (unpaired) electrons. The molecule has 1 N–H and O–H groups in total. The number of sulfonamides is 1. The second kappa shape index (κ2) is 14.1. The van der Waals surface area contributed by atoms with E-state index in [2.05, 4.69) is 5.32 Å². The zero-order chi connectivity index (χ0) is 30.2. The van der Waals surface area contributed by atoms with Gasteiger partial charge in [-0.1, -0.05) is 43.7 Å². The van der Waals surface area contributed by atoms with Crippen LogP contribution in [-0.2, 0) is 26.2 Å². The topological polar surface area (TPSA) is 96.0 Å². The summed E-state index contributed by atoms with van der Waals surface area (Å²) in [6.07, 6.45) is 0. The van der Waals surface area contributed by atoms with E-state index in [4.69, 9.17) is 4.74 Å². The molecule has 0 bridgehead atoms. The first kappa shape index (κ1) is 31.6. The van der Waals surface area contributed by atoms with Crippen LogP contribution < -0.4 is 14.4 Å². The summed E-state index contributed by atoms with van der Waals surface area (Å²) in [7, 11) is -4.27. The summed E-state index contributed by atoms with van der Waals surface area (Å²) in [5.41, 5.74) is 1.94. The maximum atomic E-state index is 13.9. The predicted molar refractivity (Wildman–Crippen MR) is 158 cm³/mol. The number of nitrogens with one attached hydrogen (secondary N) is 1. The minimum atomic E-state index is -4.27. The Morgan fingerprint density at radius 1 is 0.927 bits per heavy atom. The molecule has 0 saturated heterocycles. The largest absolute Gasteiger partial charge is 0.494 e. The average Bonchev–Trinajstić information content (AvgIpc) is 2.94. The van der Waals surface area contributed by atoms with E-state index in [1.54, 1.807) is 6.92 Å². The first-order valence-electron chi connectivity index (χ1n) is 13.6. The minimum Gasteiger partial charge on any atom is -0.494 e. The van der Waals surface area contributed by atoms with Gasteiger partial charge in [-0.25, -0.2) is 12.8 Å². The molecule has 0 spiro atoms. The van der Waals surface area contributed by atoms with E-state index in [1.165, 1.54) is 41.3 Å². The van der Waals surface area contributed by atoms with Crippen molar-refractivity contribution in [1.82, 2.24) is 10.2 Å². The summed E-state index contributed by atoms with van der Waals surface area (Å²) in [6, 6.07) is 17.4. The van der Waals surface area contributed by atoms with Crippen molar-refractivity contribution in [3.63, 3.8) is 0 Å². The first-order chi connectivity index (χ1) is 19.4. The molecule has 0 fully saturated rings. The first-order valence-corrected chi connectivity index (χ1v) is 15.0. The van der Waals surface area contributed by atoms with Crippen molar-refractivity contribution < 1.29 is 27.1 Å². The van der Waals surface area contributed by atoms with E-state index >= 15 is 0 Å². The van der Waals surface area contributed by atoms with Crippen molar-refractivity contribution in [2.45, 2.75) is 52.1 Å². The van der Waals surface area contributed by atoms with Gasteiger partial charge in [0.2, 0.25) is 11.8 Å². The molecule has 0 aromatic heterocycles. The number of carbonyl (C=O) groups excluding carboxylic acids is 2. The normalized spacial score (nSPS) is 12.1. The van der Waals surface area contributed by atoms with Gasteiger partial charge in [-0.3, -0.25) is 13.9 Å². The number of benzene rings is 3. The van der Waals surface area contributed by atoms with Crippen LogP contribution in [0.4, 0.5) is 10.1 Å². The molecule has 10 heteroatoms. The number of rotatable bonds is 13. The van der Waals surface area contributed by atoms with E-state index < -0.39 is 34.3 Å². The summed E-state index contributed by atoms with van der Waals surface area (Å²) in [6.45, 7) is 9.65. The highest BCUT2D eigenvalue weighted by molar-refractivity contribution is 7.92. The fraction of sp³-hybridized carbons (Fsp3) is 0.355. The van der Waals surface area contributed by atoms with Crippen LogP contribution in [-0.4, -0.2) is 50.9 Å². The molecule has 3 aromatic carbocycles. The van der Waals surface area contributed by atoms with Gasteiger partial charge in [-0.05, 0) is 80.8 Å². The number of ether oxygens (including phenoxy) is 1. The Bertz CT molecular complexity index is 1410. The Balaban J connectivity index is 1.99. The molecule has 0 saturated carbocycles. The molecule has 3 aromatic rings. The molecule has 8 nitrogen and oxygen atoms in total. The van der Waals surface area contributed by atoms with E-state index in [0.717, 1.165) is 27.6 Å². The van der Waals surface area contributed by atoms with Crippen LogP contribution in [0.2, 0.25) is 0 Å². The summed E-state index contributed by atoms with van der Waals surface area (Å²) < 4.78 is 47.9. The van der Waals surface area contributed by atoms with Gasteiger partial charge in [-0.15, -0.1) is 0 Å². The van der Waals surface area contributed by atoms with Gasteiger partial charge in [-0.2, -0.15) is 0 Å². The predicted octanol–water partition coefficient (Wildman–Crippen LogP) is 4.92. The molecule has 220 valence electrons. The van der Waals surface area contributed by atoms with E-state index in [9.17, 15) is 22.4 Å². The van der Waals surface area contributed by atoms with Gasteiger partial charge < -0.3 is 15.0 Å². The maximum Gasteiger partial charge on any atom is 0.264 e. The molecule has 0 aliphatic heterocycles. The van der Waals surface area contributed by atoms with Crippen LogP contribution in [0.3, 0.4) is 0 Å². The second-order valence-corrected chi connectivity index (χ2v) is 12.1. The third kappa shape index (κ3) is 8.53. The van der Waals surface area contributed by atoms with Crippen molar-refractivity contribution >= 4 is 27.5 Å². The fourth-order valence-corrected chi connectivity index (χ4v) is 5.48. The molecule has 0 aliphatic carbocycles. The smallest absolute Gasteiger partial charge is 0.264 e. The minimum absolute atomic E-state index is 0.0640. The number of nitrogens with zero attached hydrogens (tertiary/aromatic N) is 2. The maximum absolute atomic E-state index is 13.9. The number of amides is 2. The van der Waals surface area contributed by atoms with Crippen LogP contribution in [0, 0.1) is 18.7 Å². The van der Waals surface area contributed by atoms with Crippen LogP contribution in [0.1, 0.15) is 38.8 Å². The van der Waals surface area contributed by atoms with Crippen LogP contribution in [0.15, 0.2) is 77.7 Å². The van der Waals surface area contributed by atoms with E-state index in [0.29, 0.717) is 18.9 Å². The van der Waals surface area contributed by atoms with Crippen molar-refractivity contribution in [2.75, 3.05) is 24.0 Å². The Labute approximate surface area is 242 Å².